The Bertz CT molecular complexity index is 377. The second-order valence-corrected chi connectivity index (χ2v) is 3.48. The van der Waals surface area contributed by atoms with Crippen LogP contribution < -0.4 is 4.74 Å². The molecule has 1 aromatic carbocycles. The summed E-state index contributed by atoms with van der Waals surface area (Å²) in [7, 11) is 0. The number of hydrogen-bond donors (Lipinski definition) is 0. The van der Waals surface area contributed by atoms with Gasteiger partial charge >= 0.3 is 5.97 Å². The van der Waals surface area contributed by atoms with Crippen LogP contribution in [0.1, 0.15) is 18.1 Å². The fraction of sp³-hybridized carbons (Fsp3) is 0.214. The van der Waals surface area contributed by atoms with E-state index >= 15 is 0 Å². The van der Waals surface area contributed by atoms with Crippen molar-refractivity contribution < 1.29 is 9.53 Å². The third-order valence-corrected chi connectivity index (χ3v) is 2.15. The lowest BCUT2D eigenvalue weighted by Gasteiger charge is -2.11. The highest BCUT2D eigenvalue weighted by molar-refractivity contribution is 5.70. The SMILES string of the molecule is C=CCc1cccc(CC=C)c1OC(C)=O. The van der Waals surface area contributed by atoms with E-state index in [1.165, 1.54) is 6.92 Å². The molecule has 84 valence electrons. The minimum Gasteiger partial charge on any atom is -0.426 e. The molecule has 0 radical (unpaired) electrons. The first-order chi connectivity index (χ1) is 7.69. The van der Waals surface area contributed by atoms with Crippen molar-refractivity contribution in [3.63, 3.8) is 0 Å². The molecule has 0 aliphatic heterocycles. The van der Waals surface area contributed by atoms with E-state index in [0.717, 1.165) is 11.1 Å². The van der Waals surface area contributed by atoms with E-state index in [1.54, 1.807) is 12.2 Å². The summed E-state index contributed by atoms with van der Waals surface area (Å²) in [5, 5.41) is 0. The first-order valence-electron chi connectivity index (χ1n) is 5.20. The number of carbonyl (C=O) groups is 1. The molecule has 0 fully saturated rings. The van der Waals surface area contributed by atoms with Gasteiger partial charge in [-0.2, -0.15) is 0 Å². The Morgan fingerprint density at radius 2 is 1.75 bits per heavy atom. The van der Waals surface area contributed by atoms with Crippen molar-refractivity contribution in [3.8, 4) is 5.75 Å². The van der Waals surface area contributed by atoms with Crippen LogP contribution in [0.5, 0.6) is 5.75 Å². The van der Waals surface area contributed by atoms with Crippen LogP contribution in [-0.2, 0) is 17.6 Å². The molecule has 1 rings (SSSR count). The standard InChI is InChI=1S/C14H16O2/c1-4-7-12-9-6-10-13(8-5-2)14(12)16-11(3)15/h4-6,9-10H,1-2,7-8H2,3H3. The van der Waals surface area contributed by atoms with E-state index in [0.29, 0.717) is 18.6 Å². The second kappa shape index (κ2) is 5.91. The molecule has 0 unspecified atom stereocenters. The predicted molar refractivity (Wildman–Crippen MR) is 65.6 cm³/mol. The zero-order chi connectivity index (χ0) is 12.0. The molecule has 0 saturated carbocycles. The minimum absolute atomic E-state index is 0.304. The molecule has 0 N–H and O–H groups in total. The first-order valence-corrected chi connectivity index (χ1v) is 5.20. The van der Waals surface area contributed by atoms with Gasteiger partial charge in [-0.15, -0.1) is 13.2 Å². The van der Waals surface area contributed by atoms with Gasteiger partial charge < -0.3 is 4.74 Å². The number of hydrogen-bond acceptors (Lipinski definition) is 2. The summed E-state index contributed by atoms with van der Waals surface area (Å²) in [5.41, 5.74) is 1.95. The summed E-state index contributed by atoms with van der Waals surface area (Å²) >= 11 is 0. The van der Waals surface area contributed by atoms with Crippen LogP contribution in [0, 0.1) is 0 Å². The van der Waals surface area contributed by atoms with Crippen LogP contribution in [-0.4, -0.2) is 5.97 Å². The van der Waals surface area contributed by atoms with Gasteiger partial charge in [-0.05, 0) is 24.0 Å². The Hall–Kier alpha value is -1.83. The molecule has 0 aliphatic carbocycles. The molecule has 0 bridgehead atoms. The molecule has 16 heavy (non-hydrogen) atoms. The van der Waals surface area contributed by atoms with E-state index in [4.69, 9.17) is 4.74 Å². The maximum atomic E-state index is 11.1. The maximum absolute atomic E-state index is 11.1. The van der Waals surface area contributed by atoms with Gasteiger partial charge in [0.15, 0.2) is 0 Å². The Balaban J connectivity index is 3.15. The normalized spacial score (nSPS) is 9.56. The minimum atomic E-state index is -0.304. The summed E-state index contributed by atoms with van der Waals surface area (Å²) in [6.07, 6.45) is 4.96. The van der Waals surface area contributed by atoms with Crippen molar-refractivity contribution in [2.75, 3.05) is 0 Å². The van der Waals surface area contributed by atoms with Gasteiger partial charge in [-0.1, -0.05) is 30.4 Å². The molecule has 0 spiro atoms. The number of esters is 1. The van der Waals surface area contributed by atoms with Crippen LogP contribution in [0.4, 0.5) is 0 Å². The molecule has 0 aliphatic rings. The van der Waals surface area contributed by atoms with Crippen LogP contribution in [0.25, 0.3) is 0 Å². The lowest BCUT2D eigenvalue weighted by molar-refractivity contribution is -0.131. The topological polar surface area (TPSA) is 26.3 Å². The number of carbonyl (C=O) groups excluding carboxylic acids is 1. The number of rotatable bonds is 5. The number of para-hydroxylation sites is 1. The van der Waals surface area contributed by atoms with Crippen LogP contribution in [0.15, 0.2) is 43.5 Å². The number of ether oxygens (including phenoxy) is 1. The van der Waals surface area contributed by atoms with Crippen molar-refractivity contribution >= 4 is 5.97 Å². The molecule has 0 atom stereocenters. The predicted octanol–water partition coefficient (Wildman–Crippen LogP) is 3.07. The average Bonchev–Trinajstić information content (AvgIpc) is 2.23. The highest BCUT2D eigenvalue weighted by Gasteiger charge is 2.09. The zero-order valence-corrected chi connectivity index (χ0v) is 9.53. The average molecular weight is 216 g/mol. The van der Waals surface area contributed by atoms with Gasteiger partial charge in [0.2, 0.25) is 0 Å². The summed E-state index contributed by atoms with van der Waals surface area (Å²) in [6.45, 7) is 8.79. The molecule has 2 heteroatoms. The van der Waals surface area contributed by atoms with Crippen molar-refractivity contribution in [2.45, 2.75) is 19.8 Å². The van der Waals surface area contributed by atoms with E-state index < -0.39 is 0 Å². The molecule has 2 nitrogen and oxygen atoms in total. The van der Waals surface area contributed by atoms with E-state index in [2.05, 4.69) is 13.2 Å². The maximum Gasteiger partial charge on any atom is 0.308 e. The van der Waals surface area contributed by atoms with E-state index in [-0.39, 0.29) is 5.97 Å². The third-order valence-electron chi connectivity index (χ3n) is 2.15. The Morgan fingerprint density at radius 1 is 1.25 bits per heavy atom. The molecule has 0 amide bonds. The first kappa shape index (κ1) is 12.2. The summed E-state index contributed by atoms with van der Waals surface area (Å²) < 4.78 is 5.25. The molecule has 0 aromatic heterocycles. The molecular weight excluding hydrogens is 200 g/mol. The highest BCUT2D eigenvalue weighted by atomic mass is 16.5. The van der Waals surface area contributed by atoms with Crippen molar-refractivity contribution in [3.05, 3.63) is 54.6 Å². The fourth-order valence-electron chi connectivity index (χ4n) is 1.55. The van der Waals surface area contributed by atoms with Crippen LogP contribution in [0.2, 0.25) is 0 Å². The van der Waals surface area contributed by atoms with Gasteiger partial charge in [0.25, 0.3) is 0 Å². The van der Waals surface area contributed by atoms with Gasteiger partial charge in [-0.25, -0.2) is 0 Å². The molecule has 0 saturated heterocycles. The van der Waals surface area contributed by atoms with Crippen LogP contribution in [0.3, 0.4) is 0 Å². The van der Waals surface area contributed by atoms with Crippen molar-refractivity contribution in [1.29, 1.82) is 0 Å². The van der Waals surface area contributed by atoms with Crippen LogP contribution >= 0.6 is 0 Å². The summed E-state index contributed by atoms with van der Waals surface area (Å²) in [6, 6.07) is 5.82. The van der Waals surface area contributed by atoms with Crippen molar-refractivity contribution in [2.24, 2.45) is 0 Å². The molecule has 1 aromatic rings. The number of benzene rings is 1. The van der Waals surface area contributed by atoms with Gasteiger partial charge in [-0.3, -0.25) is 4.79 Å². The molecular formula is C14H16O2. The van der Waals surface area contributed by atoms with E-state index in [1.807, 2.05) is 18.2 Å². The van der Waals surface area contributed by atoms with E-state index in [9.17, 15) is 4.79 Å². The summed E-state index contributed by atoms with van der Waals surface area (Å²) in [4.78, 5) is 11.1. The van der Waals surface area contributed by atoms with Gasteiger partial charge in [0, 0.05) is 6.92 Å². The zero-order valence-electron chi connectivity index (χ0n) is 9.53. The lowest BCUT2D eigenvalue weighted by atomic mass is 10.0. The van der Waals surface area contributed by atoms with Gasteiger partial charge in [0.1, 0.15) is 5.75 Å². The number of allylic oxidation sites excluding steroid dienone is 2. The fourth-order valence-corrected chi connectivity index (χ4v) is 1.55. The Labute approximate surface area is 96.2 Å². The Morgan fingerprint density at radius 3 is 2.12 bits per heavy atom. The quantitative estimate of drug-likeness (QED) is 0.429. The second-order valence-electron chi connectivity index (χ2n) is 3.48. The monoisotopic (exact) mass is 216 g/mol. The van der Waals surface area contributed by atoms with Gasteiger partial charge in [0.05, 0.1) is 0 Å². The Kier molecular flexibility index (Phi) is 4.52. The lowest BCUT2D eigenvalue weighted by Crippen LogP contribution is -2.06. The molecule has 0 heterocycles. The largest absolute Gasteiger partial charge is 0.426 e. The summed E-state index contributed by atoms with van der Waals surface area (Å²) in [5.74, 6) is 0.344. The third kappa shape index (κ3) is 3.09. The smallest absolute Gasteiger partial charge is 0.308 e. The van der Waals surface area contributed by atoms with Crippen molar-refractivity contribution in [1.82, 2.24) is 0 Å². The highest BCUT2D eigenvalue weighted by Crippen LogP contribution is 2.25.